The van der Waals surface area contributed by atoms with Gasteiger partial charge < -0.3 is 5.32 Å². The molecular weight excluding hydrogens is 316 g/mol. The van der Waals surface area contributed by atoms with Gasteiger partial charge in [-0.3, -0.25) is 4.79 Å². The van der Waals surface area contributed by atoms with Crippen molar-refractivity contribution < 1.29 is 4.79 Å². The first-order valence-corrected chi connectivity index (χ1v) is 9.53. The molecule has 1 aliphatic carbocycles. The van der Waals surface area contributed by atoms with Crippen molar-refractivity contribution in [1.82, 2.24) is 4.98 Å². The number of anilines is 1. The molecule has 0 amide bonds. The predicted molar refractivity (Wildman–Crippen MR) is 98.2 cm³/mol. The van der Waals surface area contributed by atoms with Gasteiger partial charge in [0.15, 0.2) is 5.78 Å². The third-order valence-corrected chi connectivity index (χ3v) is 6.58. The Morgan fingerprint density at radius 2 is 2.00 bits per heavy atom. The van der Waals surface area contributed by atoms with Crippen molar-refractivity contribution in [2.75, 3.05) is 5.32 Å². The van der Waals surface area contributed by atoms with Crippen LogP contribution in [0.5, 0.6) is 0 Å². The van der Waals surface area contributed by atoms with Crippen molar-refractivity contribution in [2.45, 2.75) is 39.0 Å². The van der Waals surface area contributed by atoms with Gasteiger partial charge in [-0.15, -0.1) is 11.3 Å². The molecule has 2 aromatic rings. The lowest BCUT2D eigenvalue weighted by molar-refractivity contribution is -0.120. The summed E-state index contributed by atoms with van der Waals surface area (Å²) in [5.41, 5.74) is 4.77. The van der Waals surface area contributed by atoms with E-state index in [2.05, 4.69) is 55.3 Å². The summed E-state index contributed by atoms with van der Waals surface area (Å²) in [5, 5.41) is 3.50. The lowest BCUT2D eigenvalue weighted by Crippen LogP contribution is -2.44. The van der Waals surface area contributed by atoms with E-state index in [1.54, 1.807) is 11.3 Å². The topological polar surface area (TPSA) is 42.0 Å². The number of fused-ring (bicyclic) bond motifs is 1. The van der Waals surface area contributed by atoms with E-state index in [-0.39, 0.29) is 11.3 Å². The van der Waals surface area contributed by atoms with E-state index in [0.29, 0.717) is 11.7 Å². The number of benzene rings is 1. The number of allylic oxidation sites excluding steroid dienone is 2. The Balaban J connectivity index is 2.07. The van der Waals surface area contributed by atoms with Crippen LogP contribution >= 0.6 is 11.3 Å². The molecule has 0 saturated carbocycles. The molecular formula is C20H22N2OS. The normalized spacial score (nSPS) is 29.0. The Hall–Kier alpha value is -1.94. The van der Waals surface area contributed by atoms with Crippen LogP contribution in [0.3, 0.4) is 0 Å². The van der Waals surface area contributed by atoms with Crippen LogP contribution < -0.4 is 5.32 Å². The highest BCUT2D eigenvalue weighted by Crippen LogP contribution is 2.54. The van der Waals surface area contributed by atoms with Crippen LogP contribution in [0.1, 0.15) is 44.1 Å². The second-order valence-electron chi connectivity index (χ2n) is 6.97. The monoisotopic (exact) mass is 338 g/mol. The fourth-order valence-corrected chi connectivity index (χ4v) is 5.47. The minimum atomic E-state index is -0.377. The summed E-state index contributed by atoms with van der Waals surface area (Å²) in [6, 6.07) is 10.5. The number of Topliss-reactive ketones (excluding diaryl/α,β-unsaturated/α-hetero) is 1. The smallest absolute Gasteiger partial charge is 0.164 e. The zero-order valence-electron chi connectivity index (χ0n) is 14.3. The highest BCUT2D eigenvalue weighted by atomic mass is 32.1. The van der Waals surface area contributed by atoms with Gasteiger partial charge in [-0.05, 0) is 24.3 Å². The Labute approximate surface area is 146 Å². The Bertz CT molecular complexity index is 823. The van der Waals surface area contributed by atoms with Crippen LogP contribution in [0, 0.1) is 11.8 Å². The number of carbonyl (C=O) groups is 1. The standard InChI is InChI=1S/C20H22N2OS/c1-4-20(14-8-6-5-7-9-14)15-16(12(2)10-13(3)17(15)23)22-19-18(20)24-11-21-19/h5-9,11-13,22H,4,10H2,1-3H3/t12-,13-,20-/m0/s1. The van der Waals surface area contributed by atoms with E-state index in [4.69, 9.17) is 0 Å². The van der Waals surface area contributed by atoms with Gasteiger partial charge in [-0.1, -0.05) is 51.1 Å². The average Bonchev–Trinajstić information content (AvgIpc) is 3.07. The molecule has 124 valence electrons. The molecule has 2 aliphatic rings. The SMILES string of the molecule is CC[C@]1(c2ccccc2)C2=C(Nc3ncsc31)[C@@H](C)C[C@H](C)C2=O. The molecule has 0 fully saturated rings. The highest BCUT2D eigenvalue weighted by Gasteiger charge is 2.50. The Kier molecular flexibility index (Phi) is 3.61. The summed E-state index contributed by atoms with van der Waals surface area (Å²) < 4.78 is 0. The summed E-state index contributed by atoms with van der Waals surface area (Å²) in [7, 11) is 0. The molecule has 3 atom stereocenters. The minimum absolute atomic E-state index is 0.0738. The van der Waals surface area contributed by atoms with Crippen LogP contribution in [0.15, 0.2) is 47.1 Å². The number of rotatable bonds is 2. The number of aromatic nitrogens is 1. The van der Waals surface area contributed by atoms with Gasteiger partial charge in [0, 0.05) is 17.2 Å². The van der Waals surface area contributed by atoms with Gasteiger partial charge in [-0.2, -0.15) is 0 Å². The molecule has 4 heteroatoms. The highest BCUT2D eigenvalue weighted by molar-refractivity contribution is 7.10. The van der Waals surface area contributed by atoms with Crippen LogP contribution in [0.4, 0.5) is 5.82 Å². The number of ketones is 1. The third-order valence-electron chi connectivity index (χ3n) is 5.60. The lowest BCUT2D eigenvalue weighted by atomic mass is 9.62. The maximum Gasteiger partial charge on any atom is 0.164 e. The van der Waals surface area contributed by atoms with Gasteiger partial charge >= 0.3 is 0 Å². The first kappa shape index (κ1) is 15.6. The van der Waals surface area contributed by atoms with E-state index < -0.39 is 0 Å². The number of nitrogens with one attached hydrogen (secondary N) is 1. The van der Waals surface area contributed by atoms with Gasteiger partial charge in [0.05, 0.1) is 15.8 Å². The number of thiazole rings is 1. The van der Waals surface area contributed by atoms with Gasteiger partial charge in [0.25, 0.3) is 0 Å². The van der Waals surface area contributed by atoms with E-state index in [1.165, 1.54) is 10.4 Å². The van der Waals surface area contributed by atoms with Crippen molar-refractivity contribution in [2.24, 2.45) is 11.8 Å². The lowest BCUT2D eigenvalue weighted by Gasteiger charge is -2.44. The first-order valence-electron chi connectivity index (χ1n) is 8.65. The summed E-state index contributed by atoms with van der Waals surface area (Å²) in [6.45, 7) is 6.47. The second kappa shape index (κ2) is 5.55. The van der Waals surface area contributed by atoms with E-state index >= 15 is 0 Å². The maximum absolute atomic E-state index is 13.3. The Morgan fingerprint density at radius 1 is 1.25 bits per heavy atom. The molecule has 3 nitrogen and oxygen atoms in total. The van der Waals surface area contributed by atoms with Gasteiger partial charge in [0.2, 0.25) is 0 Å². The largest absolute Gasteiger partial charge is 0.342 e. The molecule has 0 saturated heterocycles. The van der Waals surface area contributed by atoms with Gasteiger partial charge in [0.1, 0.15) is 5.82 Å². The number of hydrogen-bond donors (Lipinski definition) is 1. The fourth-order valence-electron chi connectivity index (χ4n) is 4.43. The van der Waals surface area contributed by atoms with Crippen LogP contribution in [0.25, 0.3) is 0 Å². The van der Waals surface area contributed by atoms with Crippen molar-refractivity contribution in [3.05, 3.63) is 57.6 Å². The minimum Gasteiger partial charge on any atom is -0.342 e. The number of hydrogen-bond acceptors (Lipinski definition) is 4. The van der Waals surface area contributed by atoms with Crippen LogP contribution in [-0.2, 0) is 10.2 Å². The van der Waals surface area contributed by atoms with E-state index in [0.717, 1.165) is 29.9 Å². The number of carbonyl (C=O) groups excluding carboxylic acids is 1. The zero-order valence-corrected chi connectivity index (χ0v) is 15.1. The van der Waals surface area contributed by atoms with Crippen molar-refractivity contribution in [3.8, 4) is 0 Å². The quantitative estimate of drug-likeness (QED) is 0.858. The summed E-state index contributed by atoms with van der Waals surface area (Å²) >= 11 is 1.65. The molecule has 1 aromatic carbocycles. The maximum atomic E-state index is 13.3. The molecule has 2 heterocycles. The third kappa shape index (κ3) is 1.95. The first-order chi connectivity index (χ1) is 11.6. The average molecular weight is 338 g/mol. The molecule has 1 N–H and O–H groups in total. The fraction of sp³-hybridized carbons (Fsp3) is 0.400. The van der Waals surface area contributed by atoms with Crippen LogP contribution in [0.2, 0.25) is 0 Å². The Morgan fingerprint density at radius 3 is 2.71 bits per heavy atom. The number of nitrogens with zero attached hydrogens (tertiary/aromatic N) is 1. The van der Waals surface area contributed by atoms with Crippen molar-refractivity contribution >= 4 is 22.9 Å². The molecule has 4 rings (SSSR count). The van der Waals surface area contributed by atoms with Gasteiger partial charge in [-0.25, -0.2) is 4.98 Å². The second-order valence-corrected chi connectivity index (χ2v) is 7.83. The molecule has 0 bridgehead atoms. The van der Waals surface area contributed by atoms with Crippen LogP contribution in [-0.4, -0.2) is 10.8 Å². The summed E-state index contributed by atoms with van der Waals surface area (Å²) in [6.07, 6.45) is 1.76. The molecule has 0 spiro atoms. The van der Waals surface area contributed by atoms with Crippen molar-refractivity contribution in [3.63, 3.8) is 0 Å². The summed E-state index contributed by atoms with van der Waals surface area (Å²) in [4.78, 5) is 19.0. The van der Waals surface area contributed by atoms with E-state index in [9.17, 15) is 4.79 Å². The van der Waals surface area contributed by atoms with Crippen molar-refractivity contribution in [1.29, 1.82) is 0 Å². The summed E-state index contributed by atoms with van der Waals surface area (Å²) in [5.74, 6) is 1.64. The van der Waals surface area contributed by atoms with E-state index in [1.807, 2.05) is 11.6 Å². The molecule has 1 aromatic heterocycles. The molecule has 1 aliphatic heterocycles. The predicted octanol–water partition coefficient (Wildman–Crippen LogP) is 4.76. The zero-order chi connectivity index (χ0) is 16.9. The molecule has 0 radical (unpaired) electrons. The molecule has 24 heavy (non-hydrogen) atoms. The molecule has 0 unspecified atom stereocenters.